The number of ether oxygens (including phenoxy) is 1. The predicted octanol–water partition coefficient (Wildman–Crippen LogP) is 6.16. The Kier molecular flexibility index (Phi) is 9.29. The average molecular weight is 508 g/mol. The minimum absolute atomic E-state index is 0.0959. The van der Waals surface area contributed by atoms with E-state index in [2.05, 4.69) is 26.9 Å². The van der Waals surface area contributed by atoms with Crippen LogP contribution in [-0.4, -0.2) is 33.3 Å². The van der Waals surface area contributed by atoms with Crippen molar-refractivity contribution in [3.8, 4) is 11.1 Å². The maximum Gasteiger partial charge on any atom is 0.408 e. The number of benzene rings is 2. The van der Waals surface area contributed by atoms with E-state index in [4.69, 9.17) is 9.72 Å². The normalized spacial score (nSPS) is 11.9. The molecule has 1 amide bonds. The number of halogens is 1. The Morgan fingerprint density at radius 2 is 1.94 bits per heavy atom. The van der Waals surface area contributed by atoms with Gasteiger partial charge in [-0.2, -0.15) is 0 Å². The molecule has 0 saturated carbocycles. The van der Waals surface area contributed by atoms with Crippen molar-refractivity contribution in [3.63, 3.8) is 0 Å². The number of aromatic nitrogens is 3. The summed E-state index contributed by atoms with van der Waals surface area (Å²) in [6.07, 6.45) is 3.74. The number of carbonyl (C=O) groups is 1. The van der Waals surface area contributed by atoms with Crippen molar-refractivity contribution in [2.45, 2.75) is 38.8 Å². The van der Waals surface area contributed by atoms with Crippen LogP contribution >= 0.6 is 11.9 Å². The summed E-state index contributed by atoms with van der Waals surface area (Å²) < 4.78 is 22.0. The number of fused-ring (bicyclic) bond motifs is 1. The Morgan fingerprint density at radius 1 is 1.11 bits per heavy atom. The summed E-state index contributed by atoms with van der Waals surface area (Å²) in [5, 5.41) is 2.97. The largest absolute Gasteiger partial charge is 0.443 e. The molecule has 0 aliphatic carbocycles. The van der Waals surface area contributed by atoms with Gasteiger partial charge in [0.25, 0.3) is 0 Å². The van der Waals surface area contributed by atoms with Crippen LogP contribution in [0, 0.1) is 5.82 Å². The van der Waals surface area contributed by atoms with Gasteiger partial charge in [-0.1, -0.05) is 43.1 Å². The van der Waals surface area contributed by atoms with Gasteiger partial charge in [0, 0.05) is 18.5 Å². The second-order valence-corrected chi connectivity index (χ2v) is 9.43. The van der Waals surface area contributed by atoms with Crippen molar-refractivity contribution in [1.29, 1.82) is 0 Å². The lowest BCUT2D eigenvalue weighted by Crippen LogP contribution is -2.30. The fraction of sp³-hybridized carbons (Fsp3) is 0.296. The summed E-state index contributed by atoms with van der Waals surface area (Å²) in [6, 6.07) is 17.4. The van der Waals surface area contributed by atoms with Crippen LogP contribution in [0.15, 0.2) is 66.9 Å². The number of rotatable bonds is 12. The molecule has 0 fully saturated rings. The summed E-state index contributed by atoms with van der Waals surface area (Å²) in [7, 11) is 0. The maximum absolute atomic E-state index is 13.3. The molecule has 0 aliphatic heterocycles. The lowest BCUT2D eigenvalue weighted by molar-refractivity contribution is 0.133. The third-order valence-electron chi connectivity index (χ3n) is 5.65. The highest BCUT2D eigenvalue weighted by molar-refractivity contribution is 7.97. The molecule has 36 heavy (non-hydrogen) atoms. The van der Waals surface area contributed by atoms with Crippen LogP contribution < -0.4 is 10.0 Å². The molecule has 7 nitrogen and oxygen atoms in total. The van der Waals surface area contributed by atoms with Crippen molar-refractivity contribution >= 4 is 29.1 Å². The molecule has 4 aromatic rings. The molecule has 2 aromatic carbocycles. The number of alkyl carbamates (subject to hydrolysis) is 1. The molecule has 9 heteroatoms. The minimum Gasteiger partial charge on any atom is -0.443 e. The topological polar surface area (TPSA) is 91.9 Å². The second-order valence-electron chi connectivity index (χ2n) is 8.28. The lowest BCUT2D eigenvalue weighted by atomic mass is 10.1. The number of imidazole rings is 1. The summed E-state index contributed by atoms with van der Waals surface area (Å²) in [5.41, 5.74) is 4.20. The molecule has 0 bridgehead atoms. The molecular formula is C27H30FN5O2S. The lowest BCUT2D eigenvalue weighted by Gasteiger charge is -2.16. The maximum atomic E-state index is 13.3. The van der Waals surface area contributed by atoms with E-state index < -0.39 is 6.09 Å². The summed E-state index contributed by atoms with van der Waals surface area (Å²) in [5.74, 6) is 1.42. The molecule has 4 rings (SSSR count). The van der Waals surface area contributed by atoms with Gasteiger partial charge >= 0.3 is 6.09 Å². The molecule has 2 aromatic heterocycles. The van der Waals surface area contributed by atoms with Crippen molar-refractivity contribution in [2.24, 2.45) is 0 Å². The summed E-state index contributed by atoms with van der Waals surface area (Å²) in [6.45, 7) is 3.10. The van der Waals surface area contributed by atoms with Gasteiger partial charge in [0.15, 0.2) is 0 Å². The molecule has 3 N–H and O–H groups in total. The first-order chi connectivity index (χ1) is 17.6. The van der Waals surface area contributed by atoms with Gasteiger partial charge in [-0.05, 0) is 66.8 Å². The van der Waals surface area contributed by atoms with Crippen molar-refractivity contribution < 1.29 is 13.9 Å². The van der Waals surface area contributed by atoms with E-state index in [1.165, 1.54) is 12.1 Å². The van der Waals surface area contributed by atoms with Gasteiger partial charge in [0.1, 0.15) is 18.2 Å². The van der Waals surface area contributed by atoms with Crippen LogP contribution in [0.5, 0.6) is 0 Å². The van der Waals surface area contributed by atoms with E-state index in [-0.39, 0.29) is 18.5 Å². The Hall–Kier alpha value is -3.43. The first kappa shape index (κ1) is 25.7. The van der Waals surface area contributed by atoms with E-state index in [1.807, 2.05) is 36.4 Å². The van der Waals surface area contributed by atoms with Gasteiger partial charge in [-0.25, -0.2) is 14.2 Å². The van der Waals surface area contributed by atoms with Crippen molar-refractivity contribution in [1.82, 2.24) is 25.0 Å². The molecule has 2 heterocycles. The number of hydrogen-bond acceptors (Lipinski definition) is 6. The van der Waals surface area contributed by atoms with Crippen LogP contribution in [0.2, 0.25) is 0 Å². The molecule has 0 aliphatic rings. The van der Waals surface area contributed by atoms with Crippen LogP contribution in [0.25, 0.3) is 22.2 Å². The first-order valence-corrected chi connectivity index (χ1v) is 13.0. The Labute approximate surface area is 214 Å². The zero-order valence-electron chi connectivity index (χ0n) is 20.2. The second kappa shape index (κ2) is 13.0. The first-order valence-electron chi connectivity index (χ1n) is 12.1. The molecular weight excluding hydrogens is 477 g/mol. The van der Waals surface area contributed by atoms with E-state index in [0.717, 1.165) is 47.3 Å². The Bertz CT molecular complexity index is 1250. The van der Waals surface area contributed by atoms with Crippen LogP contribution in [0.4, 0.5) is 9.18 Å². The van der Waals surface area contributed by atoms with Crippen molar-refractivity contribution in [2.75, 3.05) is 12.3 Å². The fourth-order valence-electron chi connectivity index (χ4n) is 3.82. The fourth-order valence-corrected chi connectivity index (χ4v) is 4.31. The standard InChI is InChI=1S/C27H30FN5O2S/c1-2-36-30-16-6-4-8-24(33-27(34)35-18-22-7-3-5-15-29-22)26-31-23-14-11-20(17-25(23)32-26)19-9-12-21(28)13-10-19/h3,5,7,9-15,17,24,30H,2,4,6,8,16,18H2,1H3,(H,31,32)(H,33,34). The third kappa shape index (κ3) is 7.29. The number of aromatic amines is 1. The third-order valence-corrected chi connectivity index (χ3v) is 6.34. The zero-order chi connectivity index (χ0) is 25.2. The molecule has 0 radical (unpaired) electrons. The Morgan fingerprint density at radius 3 is 2.72 bits per heavy atom. The summed E-state index contributed by atoms with van der Waals surface area (Å²) in [4.78, 5) is 24.9. The van der Waals surface area contributed by atoms with Gasteiger partial charge in [-0.3, -0.25) is 9.71 Å². The van der Waals surface area contributed by atoms with Gasteiger partial charge < -0.3 is 15.0 Å². The average Bonchev–Trinajstić information content (AvgIpc) is 3.33. The number of unbranched alkanes of at least 4 members (excludes halogenated alkanes) is 1. The zero-order valence-corrected chi connectivity index (χ0v) is 21.0. The molecule has 1 atom stereocenters. The highest BCUT2D eigenvalue weighted by atomic mass is 32.2. The highest BCUT2D eigenvalue weighted by Crippen LogP contribution is 2.26. The number of pyridine rings is 1. The number of nitrogens with one attached hydrogen (secondary N) is 3. The van der Waals surface area contributed by atoms with E-state index in [0.29, 0.717) is 17.9 Å². The highest BCUT2D eigenvalue weighted by Gasteiger charge is 2.19. The number of carbonyl (C=O) groups excluding carboxylic acids is 1. The number of nitrogens with zero attached hydrogens (tertiary/aromatic N) is 2. The number of amides is 1. The van der Waals surface area contributed by atoms with Gasteiger partial charge in [-0.15, -0.1) is 0 Å². The van der Waals surface area contributed by atoms with E-state index in [9.17, 15) is 9.18 Å². The van der Waals surface area contributed by atoms with Gasteiger partial charge in [0.05, 0.1) is 22.8 Å². The van der Waals surface area contributed by atoms with Crippen LogP contribution in [-0.2, 0) is 11.3 Å². The van der Waals surface area contributed by atoms with Crippen LogP contribution in [0.1, 0.15) is 43.7 Å². The number of hydrogen-bond donors (Lipinski definition) is 3. The Balaban J connectivity index is 1.47. The van der Waals surface area contributed by atoms with Crippen LogP contribution in [0.3, 0.4) is 0 Å². The van der Waals surface area contributed by atoms with E-state index in [1.54, 1.807) is 30.3 Å². The molecule has 1 unspecified atom stereocenters. The monoisotopic (exact) mass is 507 g/mol. The molecule has 188 valence electrons. The predicted molar refractivity (Wildman–Crippen MR) is 142 cm³/mol. The van der Waals surface area contributed by atoms with Crippen molar-refractivity contribution in [3.05, 3.63) is 84.2 Å². The summed E-state index contributed by atoms with van der Waals surface area (Å²) >= 11 is 1.70. The number of H-pyrrole nitrogens is 1. The smallest absolute Gasteiger partial charge is 0.408 e. The molecule has 0 spiro atoms. The SMILES string of the molecule is CCSNCCCCC(NC(=O)OCc1ccccn1)c1nc2ccc(-c3ccc(F)cc3)cc2[nH]1. The minimum atomic E-state index is -0.516. The quantitative estimate of drug-likeness (QED) is 0.157. The van der Waals surface area contributed by atoms with E-state index >= 15 is 0 Å². The molecule has 0 saturated heterocycles. The van der Waals surface area contributed by atoms with Gasteiger partial charge in [0.2, 0.25) is 0 Å².